The quantitative estimate of drug-likeness (QED) is 0.655. The predicted molar refractivity (Wildman–Crippen MR) is 55.0 cm³/mol. The highest BCUT2D eigenvalue weighted by molar-refractivity contribution is 5.78. The monoisotopic (exact) mass is 200 g/mol. The van der Waals surface area contributed by atoms with E-state index in [2.05, 4.69) is 10.2 Å². The van der Waals surface area contributed by atoms with Crippen molar-refractivity contribution < 1.29 is 9.90 Å². The minimum absolute atomic E-state index is 0.166. The first kappa shape index (κ1) is 11.5. The molecule has 1 amide bonds. The second kappa shape index (κ2) is 5.32. The average molecular weight is 200 g/mol. The van der Waals surface area contributed by atoms with E-state index < -0.39 is 0 Å². The zero-order valence-electron chi connectivity index (χ0n) is 8.99. The molecule has 0 aromatic carbocycles. The molecule has 1 fully saturated rings. The van der Waals surface area contributed by atoms with Gasteiger partial charge in [-0.25, -0.2) is 0 Å². The van der Waals surface area contributed by atoms with Gasteiger partial charge in [-0.05, 0) is 26.8 Å². The van der Waals surface area contributed by atoms with Crippen LogP contribution in [0.1, 0.15) is 26.2 Å². The summed E-state index contributed by atoms with van der Waals surface area (Å²) in [7, 11) is 2.02. The van der Waals surface area contributed by atoms with Gasteiger partial charge in [-0.15, -0.1) is 0 Å². The van der Waals surface area contributed by atoms with E-state index in [-0.39, 0.29) is 12.0 Å². The number of hydrogen-bond acceptors (Lipinski definition) is 3. The molecule has 0 spiro atoms. The number of nitrogens with zero attached hydrogens (tertiary/aromatic N) is 1. The Morgan fingerprint density at radius 1 is 1.71 bits per heavy atom. The molecule has 0 radical (unpaired) electrons. The van der Waals surface area contributed by atoms with Crippen LogP contribution in [-0.2, 0) is 4.79 Å². The number of carbonyl (C=O) groups excluding carboxylic acids is 1. The van der Waals surface area contributed by atoms with Gasteiger partial charge in [-0.3, -0.25) is 4.79 Å². The van der Waals surface area contributed by atoms with E-state index in [0.717, 1.165) is 25.9 Å². The molecule has 0 aromatic heterocycles. The molecule has 2 N–H and O–H groups in total. The molecule has 0 aliphatic carbocycles. The number of rotatable bonds is 5. The Kier molecular flexibility index (Phi) is 4.35. The lowest BCUT2D eigenvalue weighted by molar-refractivity contribution is -0.119. The largest absolute Gasteiger partial charge is 0.393 e. The van der Waals surface area contributed by atoms with Gasteiger partial charge in [0.25, 0.3) is 0 Å². The first-order valence-electron chi connectivity index (χ1n) is 5.24. The molecule has 1 heterocycles. The van der Waals surface area contributed by atoms with Crippen LogP contribution >= 0.6 is 0 Å². The van der Waals surface area contributed by atoms with Crippen molar-refractivity contribution in [1.82, 2.24) is 10.2 Å². The number of amides is 1. The lowest BCUT2D eigenvalue weighted by Crippen LogP contribution is -2.37. The topological polar surface area (TPSA) is 52.6 Å². The van der Waals surface area contributed by atoms with Crippen molar-refractivity contribution in [2.45, 2.75) is 38.3 Å². The van der Waals surface area contributed by atoms with Crippen LogP contribution in [0.15, 0.2) is 0 Å². The van der Waals surface area contributed by atoms with Gasteiger partial charge in [0.1, 0.15) is 0 Å². The molecule has 1 aliphatic rings. The van der Waals surface area contributed by atoms with Gasteiger partial charge in [-0.1, -0.05) is 0 Å². The first-order valence-corrected chi connectivity index (χ1v) is 5.24. The summed E-state index contributed by atoms with van der Waals surface area (Å²) in [6.45, 7) is 3.56. The van der Waals surface area contributed by atoms with Crippen LogP contribution in [0, 0.1) is 0 Å². The second-order valence-corrected chi connectivity index (χ2v) is 4.20. The molecule has 1 saturated heterocycles. The van der Waals surface area contributed by atoms with E-state index in [4.69, 9.17) is 5.11 Å². The van der Waals surface area contributed by atoms with Gasteiger partial charge in [0, 0.05) is 25.6 Å². The molecular weight excluding hydrogens is 180 g/mol. The molecule has 82 valence electrons. The minimum Gasteiger partial charge on any atom is -0.393 e. The summed E-state index contributed by atoms with van der Waals surface area (Å²) < 4.78 is 0. The zero-order valence-corrected chi connectivity index (χ0v) is 8.99. The molecule has 4 heteroatoms. The Hall–Kier alpha value is -0.610. The molecule has 1 rings (SSSR count). The van der Waals surface area contributed by atoms with Crippen LogP contribution in [0.25, 0.3) is 0 Å². The van der Waals surface area contributed by atoms with E-state index in [0.29, 0.717) is 12.5 Å². The fourth-order valence-corrected chi connectivity index (χ4v) is 1.69. The van der Waals surface area contributed by atoms with Crippen LogP contribution in [0.3, 0.4) is 0 Å². The SMILES string of the molecule is CC(O)CCN(C)CC1CCC(=O)N1. The minimum atomic E-state index is -0.240. The number of aliphatic hydroxyl groups excluding tert-OH is 1. The van der Waals surface area contributed by atoms with Crippen LogP contribution < -0.4 is 5.32 Å². The van der Waals surface area contributed by atoms with Crippen molar-refractivity contribution in [1.29, 1.82) is 0 Å². The van der Waals surface area contributed by atoms with Crippen LogP contribution in [0.2, 0.25) is 0 Å². The van der Waals surface area contributed by atoms with E-state index in [1.807, 2.05) is 7.05 Å². The lowest BCUT2D eigenvalue weighted by atomic mass is 10.2. The van der Waals surface area contributed by atoms with Crippen molar-refractivity contribution in [3.8, 4) is 0 Å². The predicted octanol–water partition coefficient (Wildman–Crippen LogP) is -0.0323. The maximum atomic E-state index is 10.9. The number of likely N-dealkylation sites (N-methyl/N-ethyl adjacent to an activating group) is 1. The zero-order chi connectivity index (χ0) is 10.6. The first-order chi connectivity index (χ1) is 6.58. The highest BCUT2D eigenvalue weighted by Crippen LogP contribution is 2.07. The maximum Gasteiger partial charge on any atom is 0.220 e. The maximum absolute atomic E-state index is 10.9. The second-order valence-electron chi connectivity index (χ2n) is 4.20. The lowest BCUT2D eigenvalue weighted by Gasteiger charge is -2.21. The molecule has 2 atom stereocenters. The molecule has 2 unspecified atom stereocenters. The number of carbonyl (C=O) groups is 1. The Bertz CT molecular complexity index is 195. The molecular formula is C10H20N2O2. The summed E-state index contributed by atoms with van der Waals surface area (Å²) in [5.74, 6) is 0.166. The third-order valence-corrected chi connectivity index (χ3v) is 2.55. The van der Waals surface area contributed by atoms with Crippen molar-refractivity contribution in [3.05, 3.63) is 0 Å². The summed E-state index contributed by atoms with van der Waals surface area (Å²) in [5, 5.41) is 12.0. The third-order valence-electron chi connectivity index (χ3n) is 2.55. The van der Waals surface area contributed by atoms with Gasteiger partial charge >= 0.3 is 0 Å². The van der Waals surface area contributed by atoms with Crippen molar-refractivity contribution in [2.75, 3.05) is 20.1 Å². The summed E-state index contributed by atoms with van der Waals surface area (Å²) in [4.78, 5) is 13.1. The Morgan fingerprint density at radius 2 is 2.43 bits per heavy atom. The molecule has 4 nitrogen and oxygen atoms in total. The third kappa shape index (κ3) is 4.07. The standard InChI is InChI=1S/C10H20N2O2/c1-8(13)5-6-12(2)7-9-3-4-10(14)11-9/h8-9,13H,3-7H2,1-2H3,(H,11,14). The van der Waals surface area contributed by atoms with Crippen molar-refractivity contribution >= 4 is 5.91 Å². The van der Waals surface area contributed by atoms with E-state index in [9.17, 15) is 4.79 Å². The summed E-state index contributed by atoms with van der Waals surface area (Å²) in [6, 6.07) is 0.307. The Labute approximate surface area is 85.3 Å². The van der Waals surface area contributed by atoms with E-state index >= 15 is 0 Å². The van der Waals surface area contributed by atoms with E-state index in [1.165, 1.54) is 0 Å². The normalized spacial score (nSPS) is 24.0. The molecule has 0 aromatic rings. The van der Waals surface area contributed by atoms with Gasteiger partial charge in [0.05, 0.1) is 6.10 Å². The fourth-order valence-electron chi connectivity index (χ4n) is 1.69. The van der Waals surface area contributed by atoms with Crippen molar-refractivity contribution in [2.24, 2.45) is 0 Å². The number of nitrogens with one attached hydrogen (secondary N) is 1. The van der Waals surface area contributed by atoms with Gasteiger partial charge in [0.2, 0.25) is 5.91 Å². The highest BCUT2D eigenvalue weighted by Gasteiger charge is 2.21. The van der Waals surface area contributed by atoms with Crippen LogP contribution in [0.5, 0.6) is 0 Å². The van der Waals surface area contributed by atoms with Gasteiger partial charge < -0.3 is 15.3 Å². The Morgan fingerprint density at radius 3 is 2.93 bits per heavy atom. The van der Waals surface area contributed by atoms with Gasteiger partial charge in [-0.2, -0.15) is 0 Å². The van der Waals surface area contributed by atoms with Crippen LogP contribution in [-0.4, -0.2) is 48.2 Å². The summed E-state index contributed by atoms with van der Waals surface area (Å²) >= 11 is 0. The van der Waals surface area contributed by atoms with Crippen molar-refractivity contribution in [3.63, 3.8) is 0 Å². The Balaban J connectivity index is 2.13. The summed E-state index contributed by atoms with van der Waals surface area (Å²) in [5.41, 5.74) is 0. The van der Waals surface area contributed by atoms with Crippen LogP contribution in [0.4, 0.5) is 0 Å². The molecule has 14 heavy (non-hydrogen) atoms. The highest BCUT2D eigenvalue weighted by atomic mass is 16.3. The van der Waals surface area contributed by atoms with Gasteiger partial charge in [0.15, 0.2) is 0 Å². The summed E-state index contributed by atoms with van der Waals surface area (Å²) in [6.07, 6.45) is 2.15. The molecule has 0 saturated carbocycles. The molecule has 0 bridgehead atoms. The fraction of sp³-hybridized carbons (Fsp3) is 0.900. The molecule has 1 aliphatic heterocycles. The smallest absolute Gasteiger partial charge is 0.220 e. The average Bonchev–Trinajstić information content (AvgIpc) is 2.48. The number of aliphatic hydroxyl groups is 1. The number of hydrogen-bond donors (Lipinski definition) is 2. The van der Waals surface area contributed by atoms with E-state index in [1.54, 1.807) is 6.92 Å².